The van der Waals surface area contributed by atoms with Crippen molar-refractivity contribution in [3.05, 3.63) is 23.8 Å². The van der Waals surface area contributed by atoms with Gasteiger partial charge in [0.05, 0.1) is 6.04 Å². The molecule has 2 rings (SSSR count). The Morgan fingerprint density at radius 3 is 2.65 bits per heavy atom. The molecular weight excluding hydrogens is 256 g/mol. The minimum atomic E-state index is -0.512. The monoisotopic (exact) mass is 278 g/mol. The Bertz CT molecular complexity index is 508. The van der Waals surface area contributed by atoms with Crippen molar-refractivity contribution in [2.45, 2.75) is 33.4 Å². The van der Waals surface area contributed by atoms with Crippen LogP contribution in [0.25, 0.3) is 0 Å². The summed E-state index contributed by atoms with van der Waals surface area (Å²) in [5.41, 5.74) is 6.75. The van der Waals surface area contributed by atoms with Crippen molar-refractivity contribution in [2.75, 3.05) is 13.8 Å². The smallest absolute Gasteiger partial charge is 0.240 e. The molecule has 1 aliphatic rings. The topological polar surface area (TPSA) is 64.8 Å². The molecule has 20 heavy (non-hydrogen) atoms. The highest BCUT2D eigenvalue weighted by atomic mass is 16.7. The molecular formula is C15H22N2O3. The Kier molecular flexibility index (Phi) is 3.90. The van der Waals surface area contributed by atoms with Gasteiger partial charge in [-0.1, -0.05) is 26.8 Å². The summed E-state index contributed by atoms with van der Waals surface area (Å²) in [5.74, 6) is 1.41. The summed E-state index contributed by atoms with van der Waals surface area (Å²) in [4.78, 5) is 13.9. The molecule has 1 heterocycles. The summed E-state index contributed by atoms with van der Waals surface area (Å²) in [6.45, 7) is 6.64. The van der Waals surface area contributed by atoms with Crippen molar-refractivity contribution in [2.24, 2.45) is 11.1 Å². The van der Waals surface area contributed by atoms with Gasteiger partial charge < -0.3 is 20.1 Å². The van der Waals surface area contributed by atoms with E-state index in [0.717, 1.165) is 17.1 Å². The van der Waals surface area contributed by atoms with Crippen LogP contribution >= 0.6 is 0 Å². The zero-order valence-corrected chi connectivity index (χ0v) is 12.5. The molecule has 0 aliphatic carbocycles. The first-order valence-electron chi connectivity index (χ1n) is 6.68. The van der Waals surface area contributed by atoms with E-state index in [0.29, 0.717) is 6.54 Å². The fourth-order valence-corrected chi connectivity index (χ4v) is 2.00. The predicted octanol–water partition coefficient (Wildman–Crippen LogP) is 1.75. The number of hydrogen-bond donors (Lipinski definition) is 1. The van der Waals surface area contributed by atoms with Crippen LogP contribution in [0.1, 0.15) is 26.3 Å². The zero-order valence-electron chi connectivity index (χ0n) is 12.5. The fraction of sp³-hybridized carbons (Fsp3) is 0.533. The summed E-state index contributed by atoms with van der Waals surface area (Å²) >= 11 is 0. The molecule has 0 aromatic heterocycles. The molecule has 0 saturated heterocycles. The first kappa shape index (κ1) is 14.7. The van der Waals surface area contributed by atoms with Gasteiger partial charge in [-0.2, -0.15) is 0 Å². The van der Waals surface area contributed by atoms with Gasteiger partial charge in [0, 0.05) is 13.6 Å². The van der Waals surface area contributed by atoms with Gasteiger partial charge in [-0.3, -0.25) is 4.79 Å². The lowest BCUT2D eigenvalue weighted by Crippen LogP contribution is -2.48. The third-order valence-electron chi connectivity index (χ3n) is 3.43. The fourth-order valence-electron chi connectivity index (χ4n) is 2.00. The Morgan fingerprint density at radius 2 is 2.00 bits per heavy atom. The van der Waals surface area contributed by atoms with Crippen LogP contribution in [0.15, 0.2) is 18.2 Å². The van der Waals surface area contributed by atoms with Crippen molar-refractivity contribution in [1.29, 1.82) is 0 Å². The van der Waals surface area contributed by atoms with Crippen LogP contribution in [0.5, 0.6) is 11.5 Å². The standard InChI is InChI=1S/C15H22N2O3/c1-15(2,3)13(16)14(18)17(4)8-10-5-6-11-12(7-10)20-9-19-11/h5-7,13H,8-9,16H2,1-4H3/t13-/m0/s1. The molecule has 1 aromatic rings. The van der Waals surface area contributed by atoms with Crippen LogP contribution in [0, 0.1) is 5.41 Å². The Balaban J connectivity index is 2.04. The van der Waals surface area contributed by atoms with Gasteiger partial charge in [-0.05, 0) is 23.1 Å². The molecule has 5 heteroatoms. The average Bonchev–Trinajstić information content (AvgIpc) is 2.83. The van der Waals surface area contributed by atoms with E-state index >= 15 is 0 Å². The minimum Gasteiger partial charge on any atom is -0.454 e. The van der Waals surface area contributed by atoms with Crippen LogP contribution in [-0.4, -0.2) is 30.7 Å². The summed E-state index contributed by atoms with van der Waals surface area (Å²) in [6, 6.07) is 5.18. The molecule has 1 aliphatic heterocycles. The number of nitrogens with two attached hydrogens (primary N) is 1. The summed E-state index contributed by atoms with van der Waals surface area (Å²) in [5, 5.41) is 0. The van der Waals surface area contributed by atoms with Crippen molar-refractivity contribution in [3.63, 3.8) is 0 Å². The van der Waals surface area contributed by atoms with E-state index in [4.69, 9.17) is 15.2 Å². The quantitative estimate of drug-likeness (QED) is 0.914. The first-order chi connectivity index (χ1) is 9.29. The molecule has 0 saturated carbocycles. The predicted molar refractivity (Wildman–Crippen MR) is 76.5 cm³/mol. The second kappa shape index (κ2) is 5.32. The van der Waals surface area contributed by atoms with E-state index in [-0.39, 0.29) is 18.1 Å². The molecule has 0 fully saturated rings. The second-order valence-corrected chi connectivity index (χ2v) is 6.23. The lowest BCUT2D eigenvalue weighted by atomic mass is 9.86. The number of benzene rings is 1. The molecule has 0 unspecified atom stereocenters. The van der Waals surface area contributed by atoms with Gasteiger partial charge >= 0.3 is 0 Å². The van der Waals surface area contributed by atoms with Crippen LogP contribution < -0.4 is 15.2 Å². The number of carbonyl (C=O) groups excluding carboxylic acids is 1. The summed E-state index contributed by atoms with van der Waals surface area (Å²) < 4.78 is 10.6. The molecule has 0 spiro atoms. The van der Waals surface area contributed by atoms with E-state index in [1.807, 2.05) is 39.0 Å². The Hall–Kier alpha value is -1.75. The van der Waals surface area contributed by atoms with E-state index < -0.39 is 6.04 Å². The molecule has 0 radical (unpaired) electrons. The van der Waals surface area contributed by atoms with Gasteiger partial charge in [0.2, 0.25) is 12.7 Å². The molecule has 1 aromatic carbocycles. The van der Waals surface area contributed by atoms with Gasteiger partial charge in [0.25, 0.3) is 0 Å². The number of carbonyl (C=O) groups is 1. The van der Waals surface area contributed by atoms with Crippen molar-refractivity contribution in [1.82, 2.24) is 4.90 Å². The Morgan fingerprint density at radius 1 is 1.35 bits per heavy atom. The Labute approximate surface area is 119 Å². The van der Waals surface area contributed by atoms with Crippen molar-refractivity contribution in [3.8, 4) is 11.5 Å². The lowest BCUT2D eigenvalue weighted by molar-refractivity contribution is -0.134. The van der Waals surface area contributed by atoms with Gasteiger partial charge in [0.15, 0.2) is 11.5 Å². The highest BCUT2D eigenvalue weighted by molar-refractivity contribution is 5.82. The van der Waals surface area contributed by atoms with E-state index in [1.165, 1.54) is 0 Å². The third-order valence-corrected chi connectivity index (χ3v) is 3.43. The summed E-state index contributed by atoms with van der Waals surface area (Å²) in [6.07, 6.45) is 0. The highest BCUT2D eigenvalue weighted by Crippen LogP contribution is 2.32. The van der Waals surface area contributed by atoms with Crippen LogP contribution in [0.2, 0.25) is 0 Å². The van der Waals surface area contributed by atoms with Crippen LogP contribution in [0.3, 0.4) is 0 Å². The molecule has 2 N–H and O–H groups in total. The maximum absolute atomic E-state index is 12.3. The summed E-state index contributed by atoms with van der Waals surface area (Å²) in [7, 11) is 1.76. The van der Waals surface area contributed by atoms with E-state index in [2.05, 4.69) is 0 Å². The lowest BCUT2D eigenvalue weighted by Gasteiger charge is -2.30. The molecule has 5 nitrogen and oxygen atoms in total. The van der Waals surface area contributed by atoms with Gasteiger partial charge in [0.1, 0.15) is 0 Å². The highest BCUT2D eigenvalue weighted by Gasteiger charge is 2.29. The maximum Gasteiger partial charge on any atom is 0.240 e. The largest absolute Gasteiger partial charge is 0.454 e. The average molecular weight is 278 g/mol. The van der Waals surface area contributed by atoms with Crippen molar-refractivity contribution < 1.29 is 14.3 Å². The van der Waals surface area contributed by atoms with E-state index in [9.17, 15) is 4.79 Å². The third kappa shape index (κ3) is 3.04. The SMILES string of the molecule is CN(Cc1ccc2c(c1)OCO2)C(=O)[C@H](N)C(C)(C)C. The van der Waals surface area contributed by atoms with E-state index in [1.54, 1.807) is 11.9 Å². The number of hydrogen-bond acceptors (Lipinski definition) is 4. The number of ether oxygens (including phenoxy) is 2. The minimum absolute atomic E-state index is 0.0600. The van der Waals surface area contributed by atoms with Crippen LogP contribution in [0.4, 0.5) is 0 Å². The van der Waals surface area contributed by atoms with Gasteiger partial charge in [-0.25, -0.2) is 0 Å². The first-order valence-corrected chi connectivity index (χ1v) is 6.68. The normalized spacial score (nSPS) is 15.1. The van der Waals surface area contributed by atoms with Gasteiger partial charge in [-0.15, -0.1) is 0 Å². The number of likely N-dealkylation sites (N-methyl/N-ethyl adjacent to an activating group) is 1. The van der Waals surface area contributed by atoms with Crippen LogP contribution in [-0.2, 0) is 11.3 Å². The molecule has 110 valence electrons. The molecule has 0 bridgehead atoms. The number of rotatable bonds is 3. The number of nitrogens with zero attached hydrogens (tertiary/aromatic N) is 1. The molecule has 1 amide bonds. The molecule has 1 atom stereocenters. The zero-order chi connectivity index (χ0) is 14.9. The second-order valence-electron chi connectivity index (χ2n) is 6.23. The number of fused-ring (bicyclic) bond motifs is 1. The number of amides is 1. The maximum atomic E-state index is 12.3. The van der Waals surface area contributed by atoms with Crippen molar-refractivity contribution >= 4 is 5.91 Å².